The zero-order valence-electron chi connectivity index (χ0n) is 8.34. The fourth-order valence-electron chi connectivity index (χ4n) is 1.04. The molecule has 0 aliphatic heterocycles. The molecule has 0 fully saturated rings. The van der Waals surface area contributed by atoms with Gasteiger partial charge in [0.15, 0.2) is 0 Å². The lowest BCUT2D eigenvalue weighted by Gasteiger charge is -2.03. The summed E-state index contributed by atoms with van der Waals surface area (Å²) in [4.78, 5) is 11.5. The lowest BCUT2D eigenvalue weighted by atomic mass is 10.2. The second kappa shape index (κ2) is 6.66. The molecule has 2 nitrogen and oxygen atoms in total. The van der Waals surface area contributed by atoms with Crippen LogP contribution in [0.15, 0.2) is 34.8 Å². The predicted octanol–water partition coefficient (Wildman–Crippen LogP) is 3.11. The summed E-state index contributed by atoms with van der Waals surface area (Å²) in [5.41, 5.74) is 0.292. The Morgan fingerprint density at radius 1 is 1.50 bits per heavy atom. The number of carbonyl (C=O) groups excluding carboxylic acids is 1. The summed E-state index contributed by atoms with van der Waals surface area (Å²) in [7, 11) is 0. The summed E-state index contributed by atoms with van der Waals surface area (Å²) in [6.07, 6.45) is 3.46. The topological polar surface area (TPSA) is 29.1 Å². The molecule has 1 aromatic carbocycles. The maximum absolute atomic E-state index is 13.1. The van der Waals surface area contributed by atoms with Crippen molar-refractivity contribution < 1.29 is 9.18 Å². The Labute approximate surface area is 107 Å². The highest BCUT2D eigenvalue weighted by atomic mass is 79.9. The third-order valence-corrected chi connectivity index (χ3v) is 2.64. The van der Waals surface area contributed by atoms with Crippen molar-refractivity contribution in [1.29, 1.82) is 0 Å². The highest BCUT2D eigenvalue weighted by Crippen LogP contribution is 2.16. The first-order valence-electron chi connectivity index (χ1n) is 4.59. The predicted molar refractivity (Wildman–Crippen MR) is 66.3 cm³/mol. The molecule has 0 aliphatic rings. The summed E-state index contributed by atoms with van der Waals surface area (Å²) in [5, 5.41) is 2.61. The zero-order valence-corrected chi connectivity index (χ0v) is 10.7. The average Bonchev–Trinajstić information content (AvgIpc) is 2.28. The Morgan fingerprint density at radius 2 is 2.25 bits per heavy atom. The number of hydrogen-bond donors (Lipinski definition) is 1. The SMILES string of the molecule is O=C(NC/C=C/CCl)c1ccc(Br)c(F)c1. The monoisotopic (exact) mass is 305 g/mol. The lowest BCUT2D eigenvalue weighted by molar-refractivity contribution is 0.0957. The summed E-state index contributed by atoms with van der Waals surface area (Å²) >= 11 is 8.44. The van der Waals surface area contributed by atoms with Crippen LogP contribution in [-0.4, -0.2) is 18.3 Å². The van der Waals surface area contributed by atoms with Gasteiger partial charge < -0.3 is 5.32 Å². The molecule has 0 saturated carbocycles. The molecule has 1 aromatic rings. The van der Waals surface area contributed by atoms with Gasteiger partial charge in [0.05, 0.1) is 4.47 Å². The van der Waals surface area contributed by atoms with Crippen molar-refractivity contribution in [2.24, 2.45) is 0 Å². The van der Waals surface area contributed by atoms with Crippen molar-refractivity contribution in [2.45, 2.75) is 0 Å². The van der Waals surface area contributed by atoms with Crippen LogP contribution in [0, 0.1) is 5.82 Å². The molecule has 0 spiro atoms. The number of nitrogens with one attached hydrogen (secondary N) is 1. The fraction of sp³-hybridized carbons (Fsp3) is 0.182. The van der Waals surface area contributed by atoms with Gasteiger partial charge in [-0.1, -0.05) is 12.2 Å². The van der Waals surface area contributed by atoms with Crippen molar-refractivity contribution in [3.8, 4) is 0 Å². The Hall–Kier alpha value is -0.870. The van der Waals surface area contributed by atoms with Gasteiger partial charge >= 0.3 is 0 Å². The molecule has 0 radical (unpaired) electrons. The van der Waals surface area contributed by atoms with E-state index in [0.29, 0.717) is 22.5 Å². The van der Waals surface area contributed by atoms with Crippen LogP contribution in [0.4, 0.5) is 4.39 Å². The van der Waals surface area contributed by atoms with E-state index in [1.54, 1.807) is 18.2 Å². The van der Waals surface area contributed by atoms with Crippen LogP contribution in [0.25, 0.3) is 0 Å². The normalized spacial score (nSPS) is 10.7. The van der Waals surface area contributed by atoms with Gasteiger partial charge in [0.25, 0.3) is 5.91 Å². The fourth-order valence-corrected chi connectivity index (χ4v) is 1.41. The third-order valence-electron chi connectivity index (χ3n) is 1.82. The van der Waals surface area contributed by atoms with Crippen molar-refractivity contribution in [1.82, 2.24) is 5.32 Å². The minimum Gasteiger partial charge on any atom is -0.349 e. The third kappa shape index (κ3) is 3.94. The van der Waals surface area contributed by atoms with E-state index in [-0.39, 0.29) is 5.91 Å². The summed E-state index contributed by atoms with van der Waals surface area (Å²) in [6, 6.07) is 4.23. The van der Waals surface area contributed by atoms with Crippen LogP contribution in [-0.2, 0) is 0 Å². The van der Waals surface area contributed by atoms with Crippen molar-refractivity contribution >= 4 is 33.4 Å². The highest BCUT2D eigenvalue weighted by Gasteiger charge is 2.07. The van der Waals surface area contributed by atoms with Gasteiger partial charge in [-0.15, -0.1) is 11.6 Å². The van der Waals surface area contributed by atoms with E-state index in [2.05, 4.69) is 21.2 Å². The molecule has 0 bridgehead atoms. The van der Waals surface area contributed by atoms with Crippen LogP contribution >= 0.6 is 27.5 Å². The van der Waals surface area contributed by atoms with Gasteiger partial charge in [0.2, 0.25) is 0 Å². The number of halogens is 3. The maximum atomic E-state index is 13.1. The number of hydrogen-bond acceptors (Lipinski definition) is 1. The van der Waals surface area contributed by atoms with Crippen molar-refractivity contribution in [3.63, 3.8) is 0 Å². The van der Waals surface area contributed by atoms with Crippen LogP contribution in [0.5, 0.6) is 0 Å². The summed E-state index contributed by atoms with van der Waals surface area (Å²) < 4.78 is 13.5. The number of amides is 1. The molecule has 5 heteroatoms. The van der Waals surface area contributed by atoms with Gasteiger partial charge in [-0.05, 0) is 34.1 Å². The molecule has 0 atom stereocenters. The first kappa shape index (κ1) is 13.2. The van der Waals surface area contributed by atoms with E-state index in [0.717, 1.165) is 0 Å². The lowest BCUT2D eigenvalue weighted by Crippen LogP contribution is -2.23. The number of rotatable bonds is 4. The second-order valence-electron chi connectivity index (χ2n) is 2.96. The Kier molecular flexibility index (Phi) is 5.49. The van der Waals surface area contributed by atoms with E-state index in [4.69, 9.17) is 11.6 Å². The molecular formula is C11H10BrClFNO. The van der Waals surface area contributed by atoms with Crippen LogP contribution in [0.3, 0.4) is 0 Å². The molecule has 0 unspecified atom stereocenters. The second-order valence-corrected chi connectivity index (χ2v) is 4.13. The molecule has 86 valence electrons. The van der Waals surface area contributed by atoms with Gasteiger partial charge in [-0.2, -0.15) is 0 Å². The quantitative estimate of drug-likeness (QED) is 0.672. The van der Waals surface area contributed by atoms with Gasteiger partial charge in [0.1, 0.15) is 5.82 Å². The molecule has 0 heterocycles. The van der Waals surface area contributed by atoms with Crippen LogP contribution in [0.1, 0.15) is 10.4 Å². The Bertz CT molecular complexity index is 409. The molecule has 1 rings (SSSR count). The maximum Gasteiger partial charge on any atom is 0.251 e. The zero-order chi connectivity index (χ0) is 12.0. The number of carbonyl (C=O) groups is 1. The van der Waals surface area contributed by atoms with E-state index in [1.165, 1.54) is 12.1 Å². The van der Waals surface area contributed by atoms with E-state index in [9.17, 15) is 9.18 Å². The summed E-state index contributed by atoms with van der Waals surface area (Å²) in [6.45, 7) is 0.378. The van der Waals surface area contributed by atoms with Gasteiger partial charge in [-0.3, -0.25) is 4.79 Å². The minimum atomic E-state index is -0.455. The van der Waals surface area contributed by atoms with Crippen LogP contribution < -0.4 is 5.32 Å². The molecule has 0 aliphatic carbocycles. The van der Waals surface area contributed by atoms with Gasteiger partial charge in [-0.25, -0.2) is 4.39 Å². The van der Waals surface area contributed by atoms with Crippen molar-refractivity contribution in [3.05, 3.63) is 46.2 Å². The first-order chi connectivity index (χ1) is 7.65. The molecule has 0 aromatic heterocycles. The number of allylic oxidation sites excluding steroid dienone is 1. The highest BCUT2D eigenvalue weighted by molar-refractivity contribution is 9.10. The largest absolute Gasteiger partial charge is 0.349 e. The molecule has 0 saturated heterocycles. The van der Waals surface area contributed by atoms with E-state index in [1.807, 2.05) is 0 Å². The van der Waals surface area contributed by atoms with Crippen molar-refractivity contribution in [2.75, 3.05) is 12.4 Å². The number of alkyl halides is 1. The standard InChI is InChI=1S/C11H10BrClFNO/c12-9-4-3-8(7-10(9)14)11(16)15-6-2-1-5-13/h1-4,7H,5-6H2,(H,15,16)/b2-1+. The van der Waals surface area contributed by atoms with Gasteiger partial charge in [0, 0.05) is 18.0 Å². The number of benzene rings is 1. The minimum absolute atomic E-state index is 0.292. The molecule has 16 heavy (non-hydrogen) atoms. The summed E-state index contributed by atoms with van der Waals surface area (Å²) in [5.74, 6) is -0.363. The molecular weight excluding hydrogens is 296 g/mol. The average molecular weight is 307 g/mol. The molecule has 1 N–H and O–H groups in total. The van der Waals surface area contributed by atoms with E-state index < -0.39 is 5.82 Å². The Morgan fingerprint density at radius 3 is 2.88 bits per heavy atom. The van der Waals surface area contributed by atoms with E-state index >= 15 is 0 Å². The molecule has 1 amide bonds. The Balaban J connectivity index is 2.59. The first-order valence-corrected chi connectivity index (χ1v) is 5.92. The smallest absolute Gasteiger partial charge is 0.251 e. The van der Waals surface area contributed by atoms with Crippen LogP contribution in [0.2, 0.25) is 0 Å².